The van der Waals surface area contributed by atoms with Crippen LogP contribution in [0.5, 0.6) is 0 Å². The quantitative estimate of drug-likeness (QED) is 0.139. The zero-order valence-electron chi connectivity index (χ0n) is 27.5. The Morgan fingerprint density at radius 2 is 1.18 bits per heavy atom. The van der Waals surface area contributed by atoms with Gasteiger partial charge in [-0.05, 0) is 69.9 Å². The van der Waals surface area contributed by atoms with E-state index in [2.05, 4.69) is 120 Å². The van der Waals surface area contributed by atoms with Crippen molar-refractivity contribution < 1.29 is 0 Å². The van der Waals surface area contributed by atoms with Gasteiger partial charge >= 0.3 is 0 Å². The molecule has 0 aliphatic heterocycles. The van der Waals surface area contributed by atoms with E-state index in [0.717, 1.165) is 49.2 Å². The number of rotatable bonds is 6. The van der Waals surface area contributed by atoms with Crippen LogP contribution in [0, 0.1) is 16.7 Å². The summed E-state index contributed by atoms with van der Waals surface area (Å²) in [6.07, 6.45) is 0. The Balaban J connectivity index is 1.36. The van der Waals surface area contributed by atoms with Gasteiger partial charge in [0.25, 0.3) is 0 Å². The van der Waals surface area contributed by atoms with Gasteiger partial charge < -0.3 is 0 Å². The van der Waals surface area contributed by atoms with E-state index in [1.54, 1.807) is 11.3 Å². The van der Waals surface area contributed by atoms with Gasteiger partial charge in [-0.25, -0.2) is 9.98 Å². The first-order valence-electron chi connectivity index (χ1n) is 16.6. The first-order valence-corrected chi connectivity index (χ1v) is 17.4. The number of nitriles is 1. The summed E-state index contributed by atoms with van der Waals surface area (Å²) in [5.41, 5.74) is 11.0. The number of aliphatic imine (C=N–C) groups is 2. The first-order chi connectivity index (χ1) is 25.1. The topological polar surface area (TPSA) is 72.4 Å². The van der Waals surface area contributed by atoms with Crippen molar-refractivity contribution in [2.24, 2.45) is 9.98 Å². The van der Waals surface area contributed by atoms with E-state index in [4.69, 9.17) is 5.41 Å². The molecule has 8 aromatic rings. The molecule has 0 aliphatic rings. The van der Waals surface area contributed by atoms with Crippen molar-refractivity contribution in [2.75, 3.05) is 0 Å². The van der Waals surface area contributed by atoms with Gasteiger partial charge in [-0.1, -0.05) is 140 Å². The lowest BCUT2D eigenvalue weighted by Crippen LogP contribution is -2.03. The summed E-state index contributed by atoms with van der Waals surface area (Å²) in [6.45, 7) is 3.75. The van der Waals surface area contributed by atoms with E-state index >= 15 is 0 Å². The van der Waals surface area contributed by atoms with Crippen molar-refractivity contribution >= 4 is 49.9 Å². The number of benzene rings is 7. The van der Waals surface area contributed by atoms with Crippen LogP contribution < -0.4 is 0 Å². The van der Waals surface area contributed by atoms with Gasteiger partial charge in [0.15, 0.2) is 11.7 Å². The molecule has 0 saturated carbocycles. The van der Waals surface area contributed by atoms with Crippen molar-refractivity contribution in [3.05, 3.63) is 180 Å². The van der Waals surface area contributed by atoms with Gasteiger partial charge in [0.2, 0.25) is 0 Å². The lowest BCUT2D eigenvalue weighted by atomic mass is 9.91. The molecule has 1 heterocycles. The SMILES string of the molecule is C=NC(=NC(=N)c1ccccc1)c1ccc(-c2ccc(-c3cccc(C#N)c3)c3sc4c(-c5ccccc5)cc(-c5ccccc5)cc4c23)cc1. The third-order valence-corrected chi connectivity index (χ3v) is 10.4. The van der Waals surface area contributed by atoms with E-state index < -0.39 is 0 Å². The van der Waals surface area contributed by atoms with Crippen LogP contribution in [-0.4, -0.2) is 18.4 Å². The molecule has 5 heteroatoms. The Kier molecular flexibility index (Phi) is 8.43. The number of thiophene rings is 1. The molecule has 7 aromatic carbocycles. The number of fused-ring (bicyclic) bond motifs is 3. The second kappa shape index (κ2) is 13.6. The molecular formula is C46H30N4S. The average molecular weight is 671 g/mol. The number of hydrogen-bond acceptors (Lipinski definition) is 3. The molecule has 4 nitrogen and oxygen atoms in total. The summed E-state index contributed by atoms with van der Waals surface area (Å²) in [6, 6.07) is 57.9. The zero-order valence-corrected chi connectivity index (χ0v) is 28.4. The van der Waals surface area contributed by atoms with E-state index in [0.29, 0.717) is 17.0 Å². The summed E-state index contributed by atoms with van der Waals surface area (Å²) >= 11 is 1.80. The van der Waals surface area contributed by atoms with E-state index in [9.17, 15) is 5.26 Å². The van der Waals surface area contributed by atoms with Crippen LogP contribution in [0.25, 0.3) is 64.7 Å². The van der Waals surface area contributed by atoms with Crippen molar-refractivity contribution in [1.29, 1.82) is 10.7 Å². The molecule has 0 amide bonds. The minimum atomic E-state index is 0.132. The van der Waals surface area contributed by atoms with Crippen LogP contribution in [0.2, 0.25) is 0 Å². The molecule has 0 aliphatic carbocycles. The van der Waals surface area contributed by atoms with Crippen LogP contribution in [0.1, 0.15) is 16.7 Å². The molecule has 8 rings (SSSR count). The largest absolute Gasteiger partial charge is 0.282 e. The summed E-state index contributed by atoms with van der Waals surface area (Å²) in [7, 11) is 0. The van der Waals surface area contributed by atoms with Gasteiger partial charge in [-0.15, -0.1) is 11.3 Å². The molecule has 0 unspecified atom stereocenters. The normalized spacial score (nSPS) is 11.4. The summed E-state index contributed by atoms with van der Waals surface area (Å²) < 4.78 is 2.37. The predicted molar refractivity (Wildman–Crippen MR) is 215 cm³/mol. The van der Waals surface area contributed by atoms with Crippen molar-refractivity contribution in [1.82, 2.24) is 0 Å². The fraction of sp³-hybridized carbons (Fsp3) is 0. The molecule has 1 aromatic heterocycles. The molecule has 240 valence electrons. The molecule has 0 spiro atoms. The van der Waals surface area contributed by atoms with Gasteiger partial charge in [0.05, 0.1) is 11.6 Å². The van der Waals surface area contributed by atoms with Gasteiger partial charge in [0, 0.05) is 36.9 Å². The number of hydrogen-bond donors (Lipinski definition) is 1. The number of nitrogens with one attached hydrogen (secondary N) is 1. The Morgan fingerprint density at radius 3 is 1.86 bits per heavy atom. The Morgan fingerprint density at radius 1 is 0.549 bits per heavy atom. The Hall–Kier alpha value is -6.74. The fourth-order valence-electron chi connectivity index (χ4n) is 6.59. The summed E-state index contributed by atoms with van der Waals surface area (Å²) in [5.74, 6) is 0.530. The van der Waals surface area contributed by atoms with Crippen molar-refractivity contribution in [3.8, 4) is 50.6 Å². The number of nitrogens with zero attached hydrogens (tertiary/aromatic N) is 3. The van der Waals surface area contributed by atoms with Gasteiger partial charge in [0.1, 0.15) is 0 Å². The minimum Gasteiger partial charge on any atom is -0.282 e. The van der Waals surface area contributed by atoms with E-state index in [1.807, 2.05) is 66.7 Å². The predicted octanol–water partition coefficient (Wildman–Crippen LogP) is 12.1. The van der Waals surface area contributed by atoms with E-state index in [-0.39, 0.29) is 5.84 Å². The molecule has 0 saturated heterocycles. The lowest BCUT2D eigenvalue weighted by Gasteiger charge is -2.12. The Bertz CT molecular complexity index is 2650. The maximum absolute atomic E-state index is 9.74. The second-order valence-corrected chi connectivity index (χ2v) is 13.2. The lowest BCUT2D eigenvalue weighted by molar-refractivity contribution is 1.40. The standard InChI is InChI=1S/C46H30N4S/c1-49-46(50-45(48)34-17-9-4-10-18-34)35-22-20-33(21-23-35)38-24-25-39(36-19-11-12-30(26-36)29-47)44-42(38)41-28-37(31-13-5-2-6-14-31)27-40(43(41)51-44)32-15-7-3-8-16-32/h2-28,48H,1H2. The molecule has 0 bridgehead atoms. The van der Waals surface area contributed by atoms with Crippen molar-refractivity contribution in [3.63, 3.8) is 0 Å². The van der Waals surface area contributed by atoms with Crippen LogP contribution in [0.4, 0.5) is 0 Å². The van der Waals surface area contributed by atoms with Crippen LogP contribution >= 0.6 is 11.3 Å². The molecule has 1 N–H and O–H groups in total. The molecule has 0 radical (unpaired) electrons. The monoisotopic (exact) mass is 670 g/mol. The molecular weight excluding hydrogens is 641 g/mol. The fourth-order valence-corrected chi connectivity index (χ4v) is 7.97. The molecule has 0 atom stereocenters. The average Bonchev–Trinajstić information content (AvgIpc) is 3.60. The smallest absolute Gasteiger partial charge is 0.161 e. The highest BCUT2D eigenvalue weighted by atomic mass is 32.1. The summed E-state index contributed by atoms with van der Waals surface area (Å²) in [4.78, 5) is 8.69. The molecule has 51 heavy (non-hydrogen) atoms. The third kappa shape index (κ3) is 6.06. The summed E-state index contributed by atoms with van der Waals surface area (Å²) in [5, 5.41) is 20.6. The van der Waals surface area contributed by atoms with Crippen LogP contribution in [0.15, 0.2) is 174 Å². The highest BCUT2D eigenvalue weighted by Crippen LogP contribution is 2.49. The zero-order chi connectivity index (χ0) is 34.7. The highest BCUT2D eigenvalue weighted by molar-refractivity contribution is 7.27. The highest BCUT2D eigenvalue weighted by Gasteiger charge is 2.20. The van der Waals surface area contributed by atoms with E-state index in [1.165, 1.54) is 21.0 Å². The first kappa shape index (κ1) is 31.5. The van der Waals surface area contributed by atoms with Crippen molar-refractivity contribution in [2.45, 2.75) is 0 Å². The maximum Gasteiger partial charge on any atom is 0.161 e. The van der Waals surface area contributed by atoms with Crippen LogP contribution in [0.3, 0.4) is 0 Å². The van der Waals surface area contributed by atoms with Gasteiger partial charge in [-0.3, -0.25) is 5.41 Å². The third-order valence-electron chi connectivity index (χ3n) is 9.08. The second-order valence-electron chi connectivity index (χ2n) is 12.2. The minimum absolute atomic E-state index is 0.132. The van der Waals surface area contributed by atoms with Gasteiger partial charge in [-0.2, -0.15) is 5.26 Å². The Labute approximate surface area is 300 Å². The maximum atomic E-state index is 9.74. The number of amidine groups is 2. The van der Waals surface area contributed by atoms with Crippen LogP contribution in [-0.2, 0) is 0 Å². The molecule has 0 fully saturated rings.